The maximum atomic E-state index is 13.2. The Balaban J connectivity index is 1.51. The van der Waals surface area contributed by atoms with Crippen LogP contribution in [-0.2, 0) is 22.4 Å². The van der Waals surface area contributed by atoms with Crippen molar-refractivity contribution < 1.29 is 18.7 Å². The second kappa shape index (κ2) is 9.54. The van der Waals surface area contributed by atoms with E-state index < -0.39 is 5.54 Å². The number of hydrogen-bond donors (Lipinski definition) is 2. The fourth-order valence-electron chi connectivity index (χ4n) is 3.80. The number of rotatable bonds is 9. The molecule has 2 N–H and O–H groups in total. The summed E-state index contributed by atoms with van der Waals surface area (Å²) in [6.07, 6.45) is 3.37. The van der Waals surface area contributed by atoms with Crippen molar-refractivity contribution >= 4 is 11.8 Å². The molecule has 0 bridgehead atoms. The molecule has 3 rings (SSSR count). The van der Waals surface area contributed by atoms with Crippen molar-refractivity contribution in [2.45, 2.75) is 44.1 Å². The first-order valence-electron chi connectivity index (χ1n) is 9.93. The van der Waals surface area contributed by atoms with Crippen LogP contribution in [0.2, 0.25) is 0 Å². The van der Waals surface area contributed by atoms with Crippen molar-refractivity contribution in [3.05, 3.63) is 65.5 Å². The van der Waals surface area contributed by atoms with Crippen molar-refractivity contribution in [2.75, 3.05) is 13.7 Å². The molecule has 1 fully saturated rings. The Hall–Kier alpha value is -2.89. The average molecular weight is 398 g/mol. The van der Waals surface area contributed by atoms with Crippen LogP contribution in [0.1, 0.15) is 36.8 Å². The van der Waals surface area contributed by atoms with Crippen molar-refractivity contribution in [1.29, 1.82) is 0 Å². The van der Waals surface area contributed by atoms with E-state index in [9.17, 15) is 14.0 Å². The van der Waals surface area contributed by atoms with E-state index in [0.717, 1.165) is 16.9 Å². The number of carbonyl (C=O) groups is 2. The monoisotopic (exact) mass is 398 g/mol. The molecule has 2 aromatic rings. The van der Waals surface area contributed by atoms with Gasteiger partial charge in [-0.25, -0.2) is 4.39 Å². The molecule has 1 aliphatic heterocycles. The smallest absolute Gasteiger partial charge is 0.220 e. The summed E-state index contributed by atoms with van der Waals surface area (Å²) in [5.41, 5.74) is 1.55. The summed E-state index contributed by atoms with van der Waals surface area (Å²) < 4.78 is 18.4. The Kier molecular flexibility index (Phi) is 6.86. The van der Waals surface area contributed by atoms with Gasteiger partial charge < -0.3 is 15.4 Å². The van der Waals surface area contributed by atoms with Gasteiger partial charge in [-0.15, -0.1) is 0 Å². The van der Waals surface area contributed by atoms with Gasteiger partial charge in [0.25, 0.3) is 0 Å². The van der Waals surface area contributed by atoms with Crippen LogP contribution < -0.4 is 15.4 Å². The minimum Gasteiger partial charge on any atom is -0.497 e. The lowest BCUT2D eigenvalue weighted by Crippen LogP contribution is -2.44. The molecule has 1 heterocycles. The van der Waals surface area contributed by atoms with Gasteiger partial charge in [-0.05, 0) is 61.1 Å². The Morgan fingerprint density at radius 3 is 2.66 bits per heavy atom. The van der Waals surface area contributed by atoms with Crippen molar-refractivity contribution in [3.8, 4) is 5.75 Å². The van der Waals surface area contributed by atoms with E-state index in [1.165, 1.54) is 12.1 Å². The SMILES string of the molecule is COc1ccc(C[C@@]2(CCC(=O)NCCc3cccc(F)c3)CCC(=O)N2)cc1. The minimum absolute atomic E-state index is 0.0324. The summed E-state index contributed by atoms with van der Waals surface area (Å²) in [4.78, 5) is 24.2. The van der Waals surface area contributed by atoms with Crippen LogP contribution >= 0.6 is 0 Å². The number of ether oxygens (including phenoxy) is 1. The molecule has 1 atom stereocenters. The predicted octanol–water partition coefficient (Wildman–Crippen LogP) is 3.16. The first-order chi connectivity index (χ1) is 14.0. The molecule has 1 saturated heterocycles. The summed E-state index contributed by atoms with van der Waals surface area (Å²) in [6.45, 7) is 0.458. The molecule has 5 nitrogen and oxygen atoms in total. The third kappa shape index (κ3) is 6.04. The third-order valence-corrected chi connectivity index (χ3v) is 5.39. The van der Waals surface area contributed by atoms with Crippen molar-refractivity contribution in [2.24, 2.45) is 0 Å². The highest BCUT2D eigenvalue weighted by molar-refractivity contribution is 5.80. The van der Waals surface area contributed by atoms with E-state index in [4.69, 9.17) is 4.74 Å². The van der Waals surface area contributed by atoms with Crippen molar-refractivity contribution in [1.82, 2.24) is 10.6 Å². The highest BCUT2D eigenvalue weighted by Gasteiger charge is 2.37. The zero-order chi connectivity index (χ0) is 20.7. The van der Waals surface area contributed by atoms with Crippen LogP contribution in [0.4, 0.5) is 4.39 Å². The molecule has 29 heavy (non-hydrogen) atoms. The number of benzene rings is 2. The largest absolute Gasteiger partial charge is 0.497 e. The first-order valence-corrected chi connectivity index (χ1v) is 9.93. The zero-order valence-electron chi connectivity index (χ0n) is 16.7. The molecule has 2 amide bonds. The van der Waals surface area contributed by atoms with E-state index in [0.29, 0.717) is 45.1 Å². The molecule has 0 saturated carbocycles. The number of halogens is 1. The standard InChI is InChI=1S/C23H27FN2O3/c1-29-20-7-5-18(6-8-20)16-23(13-10-22(28)26-23)12-9-21(27)25-14-11-17-3-2-4-19(24)15-17/h2-8,15H,9-14,16H2,1H3,(H,25,27)(H,26,28)/t23-/m1/s1. The first kappa shape index (κ1) is 20.8. The van der Waals surface area contributed by atoms with E-state index in [1.54, 1.807) is 13.2 Å². The third-order valence-electron chi connectivity index (χ3n) is 5.39. The molecule has 0 unspecified atom stereocenters. The van der Waals surface area contributed by atoms with Gasteiger partial charge in [0, 0.05) is 24.9 Å². The van der Waals surface area contributed by atoms with Gasteiger partial charge in [-0.3, -0.25) is 9.59 Å². The van der Waals surface area contributed by atoms with Crippen LogP contribution in [0, 0.1) is 5.82 Å². The summed E-state index contributed by atoms with van der Waals surface area (Å²) in [5.74, 6) is 0.490. The van der Waals surface area contributed by atoms with Crippen LogP contribution in [0.5, 0.6) is 5.75 Å². The number of nitrogens with one attached hydrogen (secondary N) is 2. The van der Waals surface area contributed by atoms with Crippen molar-refractivity contribution in [3.63, 3.8) is 0 Å². The number of hydrogen-bond acceptors (Lipinski definition) is 3. The minimum atomic E-state index is -0.397. The fraction of sp³-hybridized carbons (Fsp3) is 0.391. The second-order valence-corrected chi connectivity index (χ2v) is 7.58. The number of amides is 2. The molecule has 1 aliphatic rings. The van der Waals surface area contributed by atoms with Gasteiger partial charge in [0.2, 0.25) is 11.8 Å². The van der Waals surface area contributed by atoms with E-state index >= 15 is 0 Å². The number of carbonyl (C=O) groups excluding carboxylic acids is 2. The molecular formula is C23H27FN2O3. The fourth-order valence-corrected chi connectivity index (χ4v) is 3.80. The topological polar surface area (TPSA) is 67.4 Å². The second-order valence-electron chi connectivity index (χ2n) is 7.58. The van der Waals surface area contributed by atoms with Gasteiger partial charge in [-0.1, -0.05) is 24.3 Å². The maximum absolute atomic E-state index is 13.2. The van der Waals surface area contributed by atoms with Crippen LogP contribution in [0.15, 0.2) is 48.5 Å². The molecule has 0 aromatic heterocycles. The Morgan fingerprint density at radius 1 is 1.21 bits per heavy atom. The molecule has 0 radical (unpaired) electrons. The lowest BCUT2D eigenvalue weighted by molar-refractivity contribution is -0.122. The zero-order valence-corrected chi connectivity index (χ0v) is 16.7. The Morgan fingerprint density at radius 2 is 2.00 bits per heavy atom. The molecule has 2 aromatic carbocycles. The van der Waals surface area contributed by atoms with Crippen LogP contribution in [-0.4, -0.2) is 31.0 Å². The molecule has 0 aliphatic carbocycles. The van der Waals surface area contributed by atoms with Gasteiger partial charge in [0.05, 0.1) is 7.11 Å². The molecule has 154 valence electrons. The van der Waals surface area contributed by atoms with Gasteiger partial charge in [-0.2, -0.15) is 0 Å². The summed E-state index contributed by atoms with van der Waals surface area (Å²) in [5, 5.41) is 5.99. The van der Waals surface area contributed by atoms with E-state index in [2.05, 4.69) is 10.6 Å². The average Bonchev–Trinajstić information content (AvgIpc) is 3.08. The van der Waals surface area contributed by atoms with Gasteiger partial charge in [0.1, 0.15) is 11.6 Å². The Labute approximate surface area is 170 Å². The quantitative estimate of drug-likeness (QED) is 0.682. The molecular weight excluding hydrogens is 371 g/mol. The molecule has 6 heteroatoms. The lowest BCUT2D eigenvalue weighted by Gasteiger charge is -2.29. The number of methoxy groups -OCH3 is 1. The summed E-state index contributed by atoms with van der Waals surface area (Å²) in [7, 11) is 1.63. The van der Waals surface area contributed by atoms with Gasteiger partial charge >= 0.3 is 0 Å². The lowest BCUT2D eigenvalue weighted by atomic mass is 9.85. The summed E-state index contributed by atoms with van der Waals surface area (Å²) in [6, 6.07) is 14.2. The maximum Gasteiger partial charge on any atom is 0.220 e. The van der Waals surface area contributed by atoms with E-state index in [-0.39, 0.29) is 17.6 Å². The highest BCUT2D eigenvalue weighted by atomic mass is 19.1. The van der Waals surface area contributed by atoms with E-state index in [1.807, 2.05) is 30.3 Å². The van der Waals surface area contributed by atoms with Gasteiger partial charge in [0.15, 0.2) is 0 Å². The highest BCUT2D eigenvalue weighted by Crippen LogP contribution is 2.30. The summed E-state index contributed by atoms with van der Waals surface area (Å²) >= 11 is 0. The van der Waals surface area contributed by atoms with Crippen LogP contribution in [0.3, 0.4) is 0 Å². The Bertz CT molecular complexity index is 853. The predicted molar refractivity (Wildman–Crippen MR) is 109 cm³/mol. The normalized spacial score (nSPS) is 18.3. The van der Waals surface area contributed by atoms with Crippen LogP contribution in [0.25, 0.3) is 0 Å². The molecule has 0 spiro atoms.